The molecule has 72 valence electrons. The normalized spacial score (nSPS) is 10.7. The van der Waals surface area contributed by atoms with Gasteiger partial charge in [-0.05, 0) is 32.4 Å². The standard InChI is InChI=1S/C12H13NO/c1-9(14)10-5-4-6-11(7-10)12(2,3)8-13/h4-7H,1-3H3. The molecule has 14 heavy (non-hydrogen) atoms. The maximum absolute atomic E-state index is 11.1. The Labute approximate surface area is 84.2 Å². The maximum Gasteiger partial charge on any atom is 0.159 e. The molecular weight excluding hydrogens is 174 g/mol. The van der Waals surface area contributed by atoms with Gasteiger partial charge in [-0.3, -0.25) is 4.79 Å². The van der Waals surface area contributed by atoms with Crippen molar-refractivity contribution in [2.24, 2.45) is 0 Å². The van der Waals surface area contributed by atoms with Crippen molar-refractivity contribution in [1.29, 1.82) is 5.26 Å². The van der Waals surface area contributed by atoms with Crippen molar-refractivity contribution in [3.8, 4) is 6.07 Å². The SMILES string of the molecule is CC(=O)c1cccc(C(C)(C)C#N)c1. The number of carbonyl (C=O) groups is 1. The van der Waals surface area contributed by atoms with Crippen molar-refractivity contribution in [2.45, 2.75) is 26.2 Å². The van der Waals surface area contributed by atoms with Crippen LogP contribution in [0.5, 0.6) is 0 Å². The fourth-order valence-corrected chi connectivity index (χ4v) is 1.19. The summed E-state index contributed by atoms with van der Waals surface area (Å²) >= 11 is 0. The first kappa shape index (κ1) is 10.5. The van der Waals surface area contributed by atoms with E-state index in [1.165, 1.54) is 6.92 Å². The van der Waals surface area contributed by atoms with Crippen LogP contribution in [0.1, 0.15) is 36.7 Å². The van der Waals surface area contributed by atoms with E-state index in [1.54, 1.807) is 12.1 Å². The van der Waals surface area contributed by atoms with E-state index in [9.17, 15) is 4.79 Å². The molecule has 0 saturated carbocycles. The molecule has 2 heteroatoms. The fraction of sp³-hybridized carbons (Fsp3) is 0.333. The van der Waals surface area contributed by atoms with Gasteiger partial charge < -0.3 is 0 Å². The monoisotopic (exact) mass is 187 g/mol. The number of nitriles is 1. The molecule has 0 heterocycles. The second-order valence-electron chi connectivity index (χ2n) is 3.87. The zero-order valence-electron chi connectivity index (χ0n) is 8.66. The minimum absolute atomic E-state index is 0.0283. The smallest absolute Gasteiger partial charge is 0.159 e. The lowest BCUT2D eigenvalue weighted by Gasteiger charge is -2.15. The van der Waals surface area contributed by atoms with Gasteiger partial charge >= 0.3 is 0 Å². The summed E-state index contributed by atoms with van der Waals surface area (Å²) in [6.45, 7) is 5.21. The zero-order valence-corrected chi connectivity index (χ0v) is 8.66. The van der Waals surface area contributed by atoms with Gasteiger partial charge in [0, 0.05) is 5.56 Å². The van der Waals surface area contributed by atoms with Gasteiger partial charge in [0.2, 0.25) is 0 Å². The highest BCUT2D eigenvalue weighted by Crippen LogP contribution is 2.22. The molecule has 0 aliphatic rings. The number of hydrogen-bond donors (Lipinski definition) is 0. The molecule has 0 radical (unpaired) electrons. The average molecular weight is 187 g/mol. The molecule has 0 spiro atoms. The number of nitrogens with zero attached hydrogens (tertiary/aromatic N) is 1. The van der Waals surface area contributed by atoms with Crippen molar-refractivity contribution in [2.75, 3.05) is 0 Å². The van der Waals surface area contributed by atoms with Crippen LogP contribution in [-0.4, -0.2) is 5.78 Å². The molecule has 0 aliphatic carbocycles. The molecule has 0 N–H and O–H groups in total. The molecule has 1 aromatic carbocycles. The van der Waals surface area contributed by atoms with Gasteiger partial charge in [0.25, 0.3) is 0 Å². The summed E-state index contributed by atoms with van der Waals surface area (Å²) in [5.41, 5.74) is 1.00. The predicted molar refractivity (Wildman–Crippen MR) is 55.1 cm³/mol. The summed E-state index contributed by atoms with van der Waals surface area (Å²) in [6, 6.07) is 9.44. The molecule has 1 rings (SSSR count). The van der Waals surface area contributed by atoms with Gasteiger partial charge in [0.15, 0.2) is 5.78 Å². The summed E-state index contributed by atoms with van der Waals surface area (Å²) in [7, 11) is 0. The average Bonchev–Trinajstić information content (AvgIpc) is 2.18. The summed E-state index contributed by atoms with van der Waals surface area (Å²) in [4.78, 5) is 11.1. The van der Waals surface area contributed by atoms with Gasteiger partial charge in [0.05, 0.1) is 11.5 Å². The first-order chi connectivity index (χ1) is 6.47. The topological polar surface area (TPSA) is 40.9 Å². The lowest BCUT2D eigenvalue weighted by atomic mass is 9.85. The Morgan fingerprint density at radius 2 is 2.07 bits per heavy atom. The highest BCUT2D eigenvalue weighted by Gasteiger charge is 2.19. The van der Waals surface area contributed by atoms with Crippen LogP contribution in [0.15, 0.2) is 24.3 Å². The number of carbonyl (C=O) groups excluding carboxylic acids is 1. The van der Waals surface area contributed by atoms with E-state index in [0.29, 0.717) is 5.56 Å². The quantitative estimate of drug-likeness (QED) is 0.668. The first-order valence-electron chi connectivity index (χ1n) is 4.50. The van der Waals surface area contributed by atoms with Crippen LogP contribution >= 0.6 is 0 Å². The van der Waals surface area contributed by atoms with E-state index in [0.717, 1.165) is 5.56 Å². The van der Waals surface area contributed by atoms with E-state index >= 15 is 0 Å². The number of rotatable bonds is 2. The van der Waals surface area contributed by atoms with Crippen molar-refractivity contribution in [1.82, 2.24) is 0 Å². The molecule has 0 atom stereocenters. The Kier molecular flexibility index (Phi) is 2.71. The molecule has 0 fully saturated rings. The summed E-state index contributed by atoms with van der Waals surface area (Å²) in [5, 5.41) is 8.94. The predicted octanol–water partition coefficient (Wildman–Crippen LogP) is 2.69. The van der Waals surface area contributed by atoms with Gasteiger partial charge in [-0.2, -0.15) is 5.26 Å². The van der Waals surface area contributed by atoms with Crippen LogP contribution in [0.3, 0.4) is 0 Å². The maximum atomic E-state index is 11.1. The molecule has 0 unspecified atom stereocenters. The first-order valence-corrected chi connectivity index (χ1v) is 4.50. The second-order valence-corrected chi connectivity index (χ2v) is 3.87. The van der Waals surface area contributed by atoms with E-state index < -0.39 is 5.41 Å². The van der Waals surface area contributed by atoms with E-state index in [2.05, 4.69) is 6.07 Å². The molecule has 0 aromatic heterocycles. The van der Waals surface area contributed by atoms with Gasteiger partial charge in [-0.15, -0.1) is 0 Å². The highest BCUT2D eigenvalue weighted by atomic mass is 16.1. The number of Topliss-reactive ketones (excluding diaryl/α,β-unsaturated/α-hetero) is 1. The lowest BCUT2D eigenvalue weighted by Crippen LogP contribution is -2.14. The van der Waals surface area contributed by atoms with Crippen LogP contribution in [0, 0.1) is 11.3 Å². The van der Waals surface area contributed by atoms with Crippen LogP contribution < -0.4 is 0 Å². The molecule has 0 bridgehead atoms. The molecule has 0 aliphatic heterocycles. The van der Waals surface area contributed by atoms with E-state index in [4.69, 9.17) is 5.26 Å². The van der Waals surface area contributed by atoms with Gasteiger partial charge in [-0.25, -0.2) is 0 Å². The van der Waals surface area contributed by atoms with E-state index in [1.807, 2.05) is 26.0 Å². The minimum Gasteiger partial charge on any atom is -0.295 e. The Morgan fingerprint density at radius 3 is 2.57 bits per heavy atom. The molecule has 1 aromatic rings. The van der Waals surface area contributed by atoms with Crippen molar-refractivity contribution in [3.05, 3.63) is 35.4 Å². The molecule has 0 saturated heterocycles. The minimum atomic E-state index is -0.536. The third-order valence-electron chi connectivity index (χ3n) is 2.27. The largest absolute Gasteiger partial charge is 0.295 e. The highest BCUT2D eigenvalue weighted by molar-refractivity contribution is 5.94. The number of ketones is 1. The summed E-state index contributed by atoms with van der Waals surface area (Å²) in [5.74, 6) is 0.0283. The summed E-state index contributed by atoms with van der Waals surface area (Å²) < 4.78 is 0. The van der Waals surface area contributed by atoms with Crippen molar-refractivity contribution < 1.29 is 4.79 Å². The second kappa shape index (κ2) is 3.63. The molecule has 0 amide bonds. The Hall–Kier alpha value is -1.62. The third kappa shape index (κ3) is 2.00. The van der Waals surface area contributed by atoms with Crippen molar-refractivity contribution in [3.63, 3.8) is 0 Å². The Bertz CT molecular complexity index is 399. The van der Waals surface area contributed by atoms with Crippen LogP contribution in [0.2, 0.25) is 0 Å². The van der Waals surface area contributed by atoms with Crippen LogP contribution in [0.4, 0.5) is 0 Å². The fourth-order valence-electron chi connectivity index (χ4n) is 1.19. The lowest BCUT2D eigenvalue weighted by molar-refractivity contribution is 0.101. The Balaban J connectivity index is 3.20. The van der Waals surface area contributed by atoms with Crippen molar-refractivity contribution >= 4 is 5.78 Å². The van der Waals surface area contributed by atoms with E-state index in [-0.39, 0.29) is 5.78 Å². The number of benzene rings is 1. The summed E-state index contributed by atoms with van der Waals surface area (Å²) in [6.07, 6.45) is 0. The third-order valence-corrected chi connectivity index (χ3v) is 2.27. The van der Waals surface area contributed by atoms with Crippen LogP contribution in [-0.2, 0) is 5.41 Å². The molecular formula is C12H13NO. The zero-order chi connectivity index (χ0) is 10.8. The number of hydrogen-bond acceptors (Lipinski definition) is 2. The van der Waals surface area contributed by atoms with Gasteiger partial charge in [-0.1, -0.05) is 18.2 Å². The molecule has 2 nitrogen and oxygen atoms in total. The van der Waals surface area contributed by atoms with Crippen LogP contribution in [0.25, 0.3) is 0 Å². The van der Waals surface area contributed by atoms with Gasteiger partial charge in [0.1, 0.15) is 0 Å². The Morgan fingerprint density at radius 1 is 1.43 bits per heavy atom.